The molecule has 0 saturated heterocycles. The van der Waals surface area contributed by atoms with Crippen LogP contribution in [-0.4, -0.2) is 10.9 Å². The van der Waals surface area contributed by atoms with Gasteiger partial charge in [-0.3, -0.25) is 4.79 Å². The van der Waals surface area contributed by atoms with Gasteiger partial charge in [0.15, 0.2) is 11.7 Å². The van der Waals surface area contributed by atoms with Crippen molar-refractivity contribution in [3.63, 3.8) is 0 Å². The Morgan fingerprint density at radius 3 is 2.83 bits per heavy atom. The number of rotatable bonds is 6. The molecule has 2 heterocycles. The second-order valence-electron chi connectivity index (χ2n) is 7.62. The van der Waals surface area contributed by atoms with Crippen LogP contribution in [0.1, 0.15) is 60.1 Å². The molecule has 3 aromatic rings. The zero-order valence-electron chi connectivity index (χ0n) is 16.6. The summed E-state index contributed by atoms with van der Waals surface area (Å²) in [6, 6.07) is 10.5. The lowest BCUT2D eigenvalue weighted by Crippen LogP contribution is -2.12. The molecule has 1 aliphatic rings. The second kappa shape index (κ2) is 8.22. The smallest absolute Gasteiger partial charge is 0.225 e. The molecule has 0 atom stereocenters. The Morgan fingerprint density at radius 1 is 1.31 bits per heavy atom. The van der Waals surface area contributed by atoms with Crippen LogP contribution < -0.4 is 5.32 Å². The molecule has 0 spiro atoms. The van der Waals surface area contributed by atoms with Gasteiger partial charge < -0.3 is 9.73 Å². The summed E-state index contributed by atoms with van der Waals surface area (Å²) in [5.74, 6) is 1.61. The number of amides is 1. The van der Waals surface area contributed by atoms with Crippen LogP contribution in [0.4, 0.5) is 5.00 Å². The maximum absolute atomic E-state index is 12.4. The molecule has 0 bridgehead atoms. The van der Waals surface area contributed by atoms with E-state index in [4.69, 9.17) is 4.42 Å². The first kappa shape index (κ1) is 19.4. The number of oxazole rings is 1. The molecule has 0 radical (unpaired) electrons. The summed E-state index contributed by atoms with van der Waals surface area (Å²) in [7, 11) is 0. The molecule has 29 heavy (non-hydrogen) atoms. The molecule has 0 fully saturated rings. The van der Waals surface area contributed by atoms with E-state index in [0.717, 1.165) is 30.4 Å². The number of carbonyl (C=O) groups is 1. The predicted octanol–water partition coefficient (Wildman–Crippen LogP) is 5.46. The third-order valence-corrected chi connectivity index (χ3v) is 6.47. The number of nitrogens with one attached hydrogen (secondary N) is 1. The fourth-order valence-corrected chi connectivity index (χ4v) is 4.87. The Kier molecular flexibility index (Phi) is 5.50. The molecule has 1 aromatic carbocycles. The number of anilines is 1. The van der Waals surface area contributed by atoms with Gasteiger partial charge in [-0.25, -0.2) is 4.98 Å². The van der Waals surface area contributed by atoms with Crippen molar-refractivity contribution in [2.45, 2.75) is 51.9 Å². The highest BCUT2D eigenvalue weighted by Crippen LogP contribution is 2.38. The Morgan fingerprint density at radius 2 is 2.10 bits per heavy atom. The minimum Gasteiger partial charge on any atom is -0.441 e. The Hall–Kier alpha value is -2.91. The van der Waals surface area contributed by atoms with Crippen LogP contribution in [0.15, 0.2) is 34.9 Å². The van der Waals surface area contributed by atoms with E-state index in [9.17, 15) is 10.1 Å². The van der Waals surface area contributed by atoms with E-state index in [1.54, 1.807) is 6.20 Å². The Labute approximate surface area is 174 Å². The molecule has 1 aliphatic carbocycles. The number of carbonyl (C=O) groups excluding carboxylic acids is 1. The Balaban J connectivity index is 1.36. The number of thiophene rings is 1. The van der Waals surface area contributed by atoms with E-state index in [1.807, 2.05) is 12.1 Å². The van der Waals surface area contributed by atoms with Crippen molar-refractivity contribution >= 4 is 22.2 Å². The topological polar surface area (TPSA) is 78.9 Å². The van der Waals surface area contributed by atoms with Crippen LogP contribution in [0, 0.1) is 11.3 Å². The molecule has 1 N–H and O–H groups in total. The summed E-state index contributed by atoms with van der Waals surface area (Å²) in [5, 5.41) is 13.0. The largest absolute Gasteiger partial charge is 0.441 e. The normalized spacial score (nSPS) is 12.8. The minimum atomic E-state index is -0.123. The van der Waals surface area contributed by atoms with E-state index in [-0.39, 0.29) is 12.3 Å². The highest BCUT2D eigenvalue weighted by atomic mass is 32.1. The van der Waals surface area contributed by atoms with Crippen molar-refractivity contribution in [2.24, 2.45) is 0 Å². The number of fused-ring (bicyclic) bond motifs is 1. The Bertz CT molecular complexity index is 1070. The van der Waals surface area contributed by atoms with Gasteiger partial charge in [-0.15, -0.1) is 11.3 Å². The van der Waals surface area contributed by atoms with Gasteiger partial charge in [0, 0.05) is 23.3 Å². The number of aryl methyl sites for hydroxylation is 2. The van der Waals surface area contributed by atoms with Gasteiger partial charge in [-0.1, -0.05) is 38.1 Å². The van der Waals surface area contributed by atoms with Crippen molar-refractivity contribution in [2.75, 3.05) is 5.32 Å². The molecule has 0 aliphatic heterocycles. The van der Waals surface area contributed by atoms with E-state index < -0.39 is 0 Å². The van der Waals surface area contributed by atoms with E-state index >= 15 is 0 Å². The lowest BCUT2D eigenvalue weighted by molar-refractivity contribution is -0.116. The van der Waals surface area contributed by atoms with Crippen molar-refractivity contribution in [1.29, 1.82) is 5.26 Å². The van der Waals surface area contributed by atoms with Crippen LogP contribution in [0.2, 0.25) is 0 Å². The molecule has 2 aromatic heterocycles. The fraction of sp³-hybridized carbons (Fsp3) is 0.348. The summed E-state index contributed by atoms with van der Waals surface area (Å²) >= 11 is 1.53. The minimum absolute atomic E-state index is 0.123. The molecule has 5 nitrogen and oxygen atoms in total. The van der Waals surface area contributed by atoms with Gasteiger partial charge in [0.2, 0.25) is 5.91 Å². The lowest BCUT2D eigenvalue weighted by Gasteiger charge is -2.05. The standard InChI is InChI=1S/C23H23N3O2S/c1-14(2)15-6-8-16(9-7-15)19-13-25-22(28-19)11-10-21(27)26-23-18(12-24)17-4-3-5-20(17)29-23/h6-9,13-14H,3-5,10-11H2,1-2H3,(H,26,27). The van der Waals surface area contributed by atoms with Crippen molar-refractivity contribution in [3.05, 3.63) is 57.9 Å². The first-order chi connectivity index (χ1) is 14.0. The van der Waals surface area contributed by atoms with Crippen LogP contribution in [0.3, 0.4) is 0 Å². The van der Waals surface area contributed by atoms with Gasteiger partial charge >= 0.3 is 0 Å². The zero-order chi connectivity index (χ0) is 20.4. The maximum Gasteiger partial charge on any atom is 0.225 e. The highest BCUT2D eigenvalue weighted by molar-refractivity contribution is 7.16. The van der Waals surface area contributed by atoms with Crippen molar-refractivity contribution < 1.29 is 9.21 Å². The van der Waals surface area contributed by atoms with Crippen LogP contribution in [0.5, 0.6) is 0 Å². The molecule has 6 heteroatoms. The summed E-state index contributed by atoms with van der Waals surface area (Å²) in [4.78, 5) is 17.9. The predicted molar refractivity (Wildman–Crippen MR) is 114 cm³/mol. The molecule has 148 valence electrons. The first-order valence-electron chi connectivity index (χ1n) is 9.94. The molecular formula is C23H23N3O2S. The SMILES string of the molecule is CC(C)c1ccc(-c2cnc(CCC(=O)Nc3sc4c(c3C#N)CCC4)o2)cc1. The van der Waals surface area contributed by atoms with E-state index in [0.29, 0.717) is 34.6 Å². The monoisotopic (exact) mass is 405 g/mol. The summed E-state index contributed by atoms with van der Waals surface area (Å²) in [5.41, 5.74) is 4.01. The first-order valence-corrected chi connectivity index (χ1v) is 10.8. The number of hydrogen-bond acceptors (Lipinski definition) is 5. The fourth-order valence-electron chi connectivity index (χ4n) is 3.61. The second-order valence-corrected chi connectivity index (χ2v) is 8.72. The molecule has 0 unspecified atom stereocenters. The zero-order valence-corrected chi connectivity index (χ0v) is 17.4. The molecule has 4 rings (SSSR count). The number of aromatic nitrogens is 1. The van der Waals surface area contributed by atoms with E-state index in [1.165, 1.54) is 21.8 Å². The number of nitrogens with zero attached hydrogens (tertiary/aromatic N) is 2. The van der Waals surface area contributed by atoms with Gasteiger partial charge in [-0.2, -0.15) is 5.26 Å². The number of nitriles is 1. The third-order valence-electron chi connectivity index (χ3n) is 5.27. The number of benzene rings is 1. The van der Waals surface area contributed by atoms with Crippen molar-refractivity contribution in [3.8, 4) is 17.4 Å². The lowest BCUT2D eigenvalue weighted by atomic mass is 10.0. The van der Waals surface area contributed by atoms with Gasteiger partial charge in [-0.05, 0) is 36.3 Å². The van der Waals surface area contributed by atoms with Crippen LogP contribution >= 0.6 is 11.3 Å². The summed E-state index contributed by atoms with van der Waals surface area (Å²) in [6.45, 7) is 4.33. The molecule has 1 amide bonds. The summed E-state index contributed by atoms with van der Waals surface area (Å²) in [6.07, 6.45) is 5.41. The number of hydrogen-bond donors (Lipinski definition) is 1. The van der Waals surface area contributed by atoms with Crippen molar-refractivity contribution in [1.82, 2.24) is 4.98 Å². The molecule has 0 saturated carbocycles. The van der Waals surface area contributed by atoms with Crippen LogP contribution in [-0.2, 0) is 24.1 Å². The average Bonchev–Trinajstić information content (AvgIpc) is 3.42. The van der Waals surface area contributed by atoms with Crippen LogP contribution in [0.25, 0.3) is 11.3 Å². The van der Waals surface area contributed by atoms with Gasteiger partial charge in [0.05, 0.1) is 11.8 Å². The van der Waals surface area contributed by atoms with E-state index in [2.05, 4.69) is 42.4 Å². The van der Waals surface area contributed by atoms with Gasteiger partial charge in [0.25, 0.3) is 0 Å². The maximum atomic E-state index is 12.4. The van der Waals surface area contributed by atoms with Gasteiger partial charge in [0.1, 0.15) is 11.1 Å². The third kappa shape index (κ3) is 4.10. The average molecular weight is 406 g/mol. The molecular weight excluding hydrogens is 382 g/mol. The highest BCUT2D eigenvalue weighted by Gasteiger charge is 2.23. The quantitative estimate of drug-likeness (QED) is 0.591. The summed E-state index contributed by atoms with van der Waals surface area (Å²) < 4.78 is 5.82.